The van der Waals surface area contributed by atoms with Crippen LogP contribution in [0.15, 0.2) is 61.2 Å². The maximum Gasteiger partial charge on any atom is 0.0522 e. The van der Waals surface area contributed by atoms with Crippen molar-refractivity contribution in [3.63, 3.8) is 0 Å². The quantitative estimate of drug-likeness (QED) is 0.794. The lowest BCUT2D eigenvalue weighted by Crippen LogP contribution is -2.33. The highest BCUT2D eigenvalue weighted by Crippen LogP contribution is 2.27. The summed E-state index contributed by atoms with van der Waals surface area (Å²) in [6.07, 6.45) is 10.2. The van der Waals surface area contributed by atoms with Crippen molar-refractivity contribution in [1.82, 2.24) is 20.1 Å². The van der Waals surface area contributed by atoms with Crippen molar-refractivity contribution in [3.8, 4) is 11.1 Å². The van der Waals surface area contributed by atoms with Crippen LogP contribution in [0.4, 0.5) is 0 Å². The molecule has 0 aliphatic carbocycles. The average molecular weight is 318 g/mol. The number of rotatable bonds is 4. The second kappa shape index (κ2) is 6.97. The number of likely N-dealkylation sites (tertiary alicyclic amines) is 1. The summed E-state index contributed by atoms with van der Waals surface area (Å²) >= 11 is 0. The molecule has 1 aliphatic rings. The molecule has 1 aromatic carbocycles. The first-order valence-corrected chi connectivity index (χ1v) is 8.59. The Morgan fingerprint density at radius 1 is 1.12 bits per heavy atom. The predicted molar refractivity (Wildman–Crippen MR) is 95.5 cm³/mol. The highest BCUT2D eigenvalue weighted by molar-refractivity contribution is 5.63. The molecular formula is C20H22N4. The molecular weight excluding hydrogens is 296 g/mol. The Labute approximate surface area is 142 Å². The minimum absolute atomic E-state index is 0.598. The van der Waals surface area contributed by atoms with Crippen LogP contribution in [0.25, 0.3) is 11.1 Å². The van der Waals surface area contributed by atoms with E-state index in [0.29, 0.717) is 5.92 Å². The average Bonchev–Trinajstić information content (AvgIpc) is 3.18. The topological polar surface area (TPSA) is 44.8 Å². The molecule has 3 heterocycles. The van der Waals surface area contributed by atoms with Gasteiger partial charge in [0, 0.05) is 31.7 Å². The lowest BCUT2D eigenvalue weighted by Gasteiger charge is -2.32. The molecule has 1 fully saturated rings. The van der Waals surface area contributed by atoms with Crippen LogP contribution in [0, 0.1) is 0 Å². The van der Waals surface area contributed by atoms with Crippen LogP contribution in [0.1, 0.15) is 29.9 Å². The summed E-state index contributed by atoms with van der Waals surface area (Å²) in [5.74, 6) is 0.598. The summed E-state index contributed by atoms with van der Waals surface area (Å²) in [6.45, 7) is 3.29. The van der Waals surface area contributed by atoms with Crippen molar-refractivity contribution in [3.05, 3.63) is 72.3 Å². The monoisotopic (exact) mass is 318 g/mol. The van der Waals surface area contributed by atoms with Crippen molar-refractivity contribution in [2.45, 2.75) is 25.3 Å². The maximum absolute atomic E-state index is 4.10. The molecule has 1 saturated heterocycles. The largest absolute Gasteiger partial charge is 0.298 e. The van der Waals surface area contributed by atoms with E-state index in [1.807, 2.05) is 24.8 Å². The molecule has 24 heavy (non-hydrogen) atoms. The van der Waals surface area contributed by atoms with Crippen molar-refractivity contribution < 1.29 is 0 Å². The molecule has 1 aliphatic heterocycles. The Kier molecular flexibility index (Phi) is 4.38. The molecule has 2 aromatic heterocycles. The zero-order valence-corrected chi connectivity index (χ0v) is 13.7. The third-order valence-corrected chi connectivity index (χ3v) is 4.84. The van der Waals surface area contributed by atoms with Gasteiger partial charge in [0.1, 0.15) is 0 Å². The summed E-state index contributed by atoms with van der Waals surface area (Å²) in [4.78, 5) is 6.67. The van der Waals surface area contributed by atoms with E-state index in [0.717, 1.165) is 13.1 Å². The van der Waals surface area contributed by atoms with Crippen LogP contribution in [0.5, 0.6) is 0 Å². The number of nitrogens with one attached hydrogen (secondary N) is 1. The van der Waals surface area contributed by atoms with Gasteiger partial charge in [0.25, 0.3) is 0 Å². The first kappa shape index (κ1) is 15.1. The van der Waals surface area contributed by atoms with E-state index in [1.165, 1.54) is 41.6 Å². The highest BCUT2D eigenvalue weighted by atomic mass is 15.1. The van der Waals surface area contributed by atoms with E-state index in [2.05, 4.69) is 56.5 Å². The predicted octanol–water partition coefficient (Wildman–Crippen LogP) is 3.85. The van der Waals surface area contributed by atoms with Crippen LogP contribution in [0.3, 0.4) is 0 Å². The van der Waals surface area contributed by atoms with Crippen LogP contribution >= 0.6 is 0 Å². The fourth-order valence-electron chi connectivity index (χ4n) is 3.61. The van der Waals surface area contributed by atoms with Crippen LogP contribution in [-0.2, 0) is 6.54 Å². The molecule has 1 atom stereocenters. The van der Waals surface area contributed by atoms with E-state index < -0.39 is 0 Å². The van der Waals surface area contributed by atoms with Gasteiger partial charge in [-0.15, -0.1) is 0 Å². The van der Waals surface area contributed by atoms with Gasteiger partial charge in [0.2, 0.25) is 0 Å². The van der Waals surface area contributed by atoms with Gasteiger partial charge in [-0.1, -0.05) is 18.2 Å². The van der Waals surface area contributed by atoms with Crippen LogP contribution in [-0.4, -0.2) is 33.2 Å². The minimum Gasteiger partial charge on any atom is -0.298 e. The molecule has 1 unspecified atom stereocenters. The Hall–Kier alpha value is -2.46. The van der Waals surface area contributed by atoms with E-state index in [-0.39, 0.29) is 0 Å². The van der Waals surface area contributed by atoms with Crippen molar-refractivity contribution >= 4 is 0 Å². The number of nitrogens with zero attached hydrogens (tertiary/aromatic N) is 3. The number of hydrogen-bond donors (Lipinski definition) is 1. The molecule has 3 aromatic rings. The van der Waals surface area contributed by atoms with E-state index in [4.69, 9.17) is 0 Å². The van der Waals surface area contributed by atoms with Gasteiger partial charge in [-0.25, -0.2) is 0 Å². The second-order valence-corrected chi connectivity index (χ2v) is 6.54. The molecule has 0 amide bonds. The summed E-state index contributed by atoms with van der Waals surface area (Å²) < 4.78 is 0. The fraction of sp³-hybridized carbons (Fsp3) is 0.300. The Morgan fingerprint density at radius 3 is 2.88 bits per heavy atom. The Morgan fingerprint density at radius 2 is 2.04 bits per heavy atom. The van der Waals surface area contributed by atoms with E-state index >= 15 is 0 Å². The molecule has 0 radical (unpaired) electrons. The number of aromatic nitrogens is 3. The fourth-order valence-corrected chi connectivity index (χ4v) is 3.61. The third kappa shape index (κ3) is 3.39. The highest BCUT2D eigenvalue weighted by Gasteiger charge is 2.22. The molecule has 4 rings (SSSR count). The Bertz CT molecular complexity index is 767. The second-order valence-electron chi connectivity index (χ2n) is 6.54. The van der Waals surface area contributed by atoms with Crippen LogP contribution in [0.2, 0.25) is 0 Å². The maximum atomic E-state index is 4.10. The van der Waals surface area contributed by atoms with Crippen molar-refractivity contribution in [2.75, 3.05) is 13.1 Å². The molecule has 4 heteroatoms. The number of H-pyrrole nitrogens is 1. The molecule has 0 bridgehead atoms. The molecule has 1 N–H and O–H groups in total. The van der Waals surface area contributed by atoms with E-state index in [1.54, 1.807) is 0 Å². The number of hydrogen-bond acceptors (Lipinski definition) is 3. The molecule has 0 spiro atoms. The SMILES string of the molecule is c1cc(CN2CCCC(c3cn[nH]c3)C2)cc(-c2ccncc2)c1. The zero-order valence-electron chi connectivity index (χ0n) is 13.7. The number of aromatic amines is 1. The standard InChI is InChI=1S/C20H22N4/c1-3-16(11-18(4-1)17-6-8-21-9-7-17)14-24-10-2-5-19(15-24)20-12-22-23-13-20/h1,3-4,6-9,11-13,19H,2,5,10,14-15H2,(H,22,23). The van der Waals surface area contributed by atoms with Crippen LogP contribution < -0.4 is 0 Å². The summed E-state index contributed by atoms with van der Waals surface area (Å²) in [6, 6.07) is 13.0. The van der Waals surface area contributed by atoms with Gasteiger partial charge in [0.15, 0.2) is 0 Å². The molecule has 122 valence electrons. The van der Waals surface area contributed by atoms with E-state index in [9.17, 15) is 0 Å². The minimum atomic E-state index is 0.598. The smallest absolute Gasteiger partial charge is 0.0522 e. The van der Waals surface area contributed by atoms with Gasteiger partial charge in [-0.3, -0.25) is 15.0 Å². The van der Waals surface area contributed by atoms with Gasteiger partial charge in [-0.2, -0.15) is 5.10 Å². The van der Waals surface area contributed by atoms with Gasteiger partial charge in [0.05, 0.1) is 6.20 Å². The first-order valence-electron chi connectivity index (χ1n) is 8.59. The summed E-state index contributed by atoms with van der Waals surface area (Å²) in [7, 11) is 0. The van der Waals surface area contributed by atoms with Gasteiger partial charge in [-0.05, 0) is 65.8 Å². The zero-order chi connectivity index (χ0) is 16.2. The Balaban J connectivity index is 1.47. The van der Waals surface area contributed by atoms with Gasteiger partial charge < -0.3 is 0 Å². The van der Waals surface area contributed by atoms with Crippen molar-refractivity contribution in [2.24, 2.45) is 0 Å². The molecule has 0 saturated carbocycles. The summed E-state index contributed by atoms with van der Waals surface area (Å²) in [5, 5.41) is 7.05. The van der Waals surface area contributed by atoms with Gasteiger partial charge >= 0.3 is 0 Å². The lowest BCUT2D eigenvalue weighted by molar-refractivity contribution is 0.200. The van der Waals surface area contributed by atoms with Crippen molar-refractivity contribution in [1.29, 1.82) is 0 Å². The molecule has 4 nitrogen and oxygen atoms in total. The third-order valence-electron chi connectivity index (χ3n) is 4.84. The normalized spacial score (nSPS) is 18.6. The number of piperidine rings is 1. The first-order chi connectivity index (χ1) is 11.9. The number of pyridine rings is 1. The lowest BCUT2D eigenvalue weighted by atomic mass is 9.92. The summed E-state index contributed by atoms with van der Waals surface area (Å²) in [5.41, 5.74) is 5.20. The number of benzene rings is 1.